The molecule has 1 aromatic heterocycles. The molecule has 0 saturated heterocycles. The minimum absolute atomic E-state index is 0.187. The average Bonchev–Trinajstić information content (AvgIpc) is 2.36. The number of anilines is 4. The Kier molecular flexibility index (Phi) is 2.98. The van der Waals surface area contributed by atoms with Crippen molar-refractivity contribution in [3.8, 4) is 6.07 Å². The Balaban J connectivity index is 2.34. The topological polar surface area (TPSA) is 101 Å². The molecule has 0 saturated carbocycles. The Labute approximate surface area is 103 Å². The molecule has 0 atom stereocenters. The molecule has 0 radical (unpaired) electrons. The summed E-state index contributed by atoms with van der Waals surface area (Å²) < 4.78 is 13.0. The quantitative estimate of drug-likeness (QED) is 0.748. The van der Waals surface area contributed by atoms with Crippen LogP contribution in [0.4, 0.5) is 27.4 Å². The molecule has 2 aromatic rings. The molecule has 0 aliphatic rings. The van der Waals surface area contributed by atoms with Crippen molar-refractivity contribution >= 4 is 23.0 Å². The summed E-state index contributed by atoms with van der Waals surface area (Å²) in [5.41, 5.74) is 12.1. The van der Waals surface area contributed by atoms with Crippen LogP contribution in [0.1, 0.15) is 5.56 Å². The fraction of sp³-hybridized carbons (Fsp3) is 0. The van der Waals surface area contributed by atoms with Crippen LogP contribution in [0.25, 0.3) is 0 Å². The molecule has 1 heterocycles. The number of nitrogens with zero attached hydrogens (tertiary/aromatic N) is 2. The first-order chi connectivity index (χ1) is 8.60. The minimum atomic E-state index is -0.470. The molecule has 0 aliphatic carbocycles. The summed E-state index contributed by atoms with van der Waals surface area (Å²) in [6.07, 6.45) is 0. The van der Waals surface area contributed by atoms with Crippen LogP contribution in [0.15, 0.2) is 30.3 Å². The van der Waals surface area contributed by atoms with Gasteiger partial charge in [-0.2, -0.15) is 5.26 Å². The molecule has 0 amide bonds. The van der Waals surface area contributed by atoms with Crippen LogP contribution in [0.2, 0.25) is 0 Å². The second kappa shape index (κ2) is 4.59. The van der Waals surface area contributed by atoms with Gasteiger partial charge < -0.3 is 16.8 Å². The van der Waals surface area contributed by atoms with Crippen molar-refractivity contribution in [3.63, 3.8) is 0 Å². The van der Waals surface area contributed by atoms with Crippen molar-refractivity contribution in [2.45, 2.75) is 0 Å². The van der Waals surface area contributed by atoms with Gasteiger partial charge in [0.15, 0.2) is 0 Å². The number of halogens is 1. The molecule has 0 spiro atoms. The lowest BCUT2D eigenvalue weighted by Gasteiger charge is -2.08. The maximum atomic E-state index is 13.0. The third-order valence-electron chi connectivity index (χ3n) is 2.32. The Hall–Kier alpha value is -2.81. The fourth-order valence-corrected chi connectivity index (χ4v) is 1.41. The highest BCUT2D eigenvalue weighted by Gasteiger charge is 2.05. The molecule has 1 aromatic carbocycles. The van der Waals surface area contributed by atoms with Crippen LogP contribution in [-0.2, 0) is 0 Å². The number of nitriles is 1. The Morgan fingerprint density at radius 1 is 1.22 bits per heavy atom. The third-order valence-corrected chi connectivity index (χ3v) is 2.32. The van der Waals surface area contributed by atoms with Gasteiger partial charge in [-0.15, -0.1) is 0 Å². The number of nitrogens with one attached hydrogen (secondary N) is 1. The van der Waals surface area contributed by atoms with Crippen molar-refractivity contribution in [1.82, 2.24) is 4.98 Å². The first kappa shape index (κ1) is 11.7. The summed E-state index contributed by atoms with van der Waals surface area (Å²) in [5, 5.41) is 11.8. The van der Waals surface area contributed by atoms with Gasteiger partial charge in [-0.25, -0.2) is 9.37 Å². The molecular formula is C12H10FN5. The minimum Gasteiger partial charge on any atom is -0.396 e. The van der Waals surface area contributed by atoms with E-state index in [2.05, 4.69) is 10.3 Å². The van der Waals surface area contributed by atoms with Gasteiger partial charge in [-0.3, -0.25) is 0 Å². The molecule has 0 fully saturated rings. The van der Waals surface area contributed by atoms with E-state index in [0.717, 1.165) is 6.07 Å². The summed E-state index contributed by atoms with van der Waals surface area (Å²) in [6.45, 7) is 0. The summed E-state index contributed by atoms with van der Waals surface area (Å²) in [7, 11) is 0. The molecule has 5 N–H and O–H groups in total. The summed E-state index contributed by atoms with van der Waals surface area (Å²) in [6, 6.07) is 8.97. The Morgan fingerprint density at radius 3 is 2.67 bits per heavy atom. The molecule has 2 rings (SSSR count). The third kappa shape index (κ3) is 2.30. The molecule has 5 nitrogen and oxygen atoms in total. The number of rotatable bonds is 2. The predicted molar refractivity (Wildman–Crippen MR) is 67.5 cm³/mol. The lowest BCUT2D eigenvalue weighted by Crippen LogP contribution is -2.02. The zero-order valence-corrected chi connectivity index (χ0v) is 9.31. The molecule has 6 heteroatoms. The summed E-state index contributed by atoms with van der Waals surface area (Å²) >= 11 is 0. The van der Waals surface area contributed by atoms with Gasteiger partial charge in [0.1, 0.15) is 23.5 Å². The maximum Gasteiger partial charge on any atom is 0.149 e. The molecule has 0 unspecified atom stereocenters. The lowest BCUT2D eigenvalue weighted by atomic mass is 10.2. The van der Waals surface area contributed by atoms with Gasteiger partial charge in [0.05, 0.1) is 16.9 Å². The van der Waals surface area contributed by atoms with Gasteiger partial charge in [-0.1, -0.05) is 0 Å². The average molecular weight is 243 g/mol. The van der Waals surface area contributed by atoms with Crippen LogP contribution >= 0.6 is 0 Å². The highest BCUT2D eigenvalue weighted by Crippen LogP contribution is 2.22. The van der Waals surface area contributed by atoms with E-state index in [9.17, 15) is 4.39 Å². The van der Waals surface area contributed by atoms with Crippen LogP contribution in [0.5, 0.6) is 0 Å². The van der Waals surface area contributed by atoms with Gasteiger partial charge in [0.2, 0.25) is 0 Å². The van der Waals surface area contributed by atoms with E-state index in [-0.39, 0.29) is 11.4 Å². The van der Waals surface area contributed by atoms with Gasteiger partial charge in [0, 0.05) is 0 Å². The first-order valence-corrected chi connectivity index (χ1v) is 5.09. The largest absolute Gasteiger partial charge is 0.396 e. The number of pyridine rings is 1. The number of hydrogen-bond donors (Lipinski definition) is 3. The van der Waals surface area contributed by atoms with E-state index >= 15 is 0 Å². The fourth-order valence-electron chi connectivity index (χ4n) is 1.41. The monoisotopic (exact) mass is 243 g/mol. The van der Waals surface area contributed by atoms with E-state index in [1.807, 2.05) is 6.07 Å². The van der Waals surface area contributed by atoms with Crippen LogP contribution in [-0.4, -0.2) is 4.98 Å². The number of hydrogen-bond acceptors (Lipinski definition) is 5. The molecule has 18 heavy (non-hydrogen) atoms. The van der Waals surface area contributed by atoms with Crippen LogP contribution < -0.4 is 16.8 Å². The predicted octanol–water partition coefficient (Wildman–Crippen LogP) is 2.00. The lowest BCUT2D eigenvalue weighted by molar-refractivity contribution is 0.627. The van der Waals surface area contributed by atoms with Gasteiger partial charge in [0.25, 0.3) is 0 Å². The van der Waals surface area contributed by atoms with E-state index in [1.165, 1.54) is 12.1 Å². The highest BCUT2D eigenvalue weighted by molar-refractivity contribution is 5.68. The first-order valence-electron chi connectivity index (χ1n) is 5.09. The number of nitrogens with two attached hydrogens (primary N) is 2. The van der Waals surface area contributed by atoms with Crippen molar-refractivity contribution in [2.24, 2.45) is 0 Å². The zero-order valence-electron chi connectivity index (χ0n) is 9.31. The van der Waals surface area contributed by atoms with Gasteiger partial charge >= 0.3 is 0 Å². The van der Waals surface area contributed by atoms with Crippen molar-refractivity contribution < 1.29 is 4.39 Å². The van der Waals surface area contributed by atoms with Crippen molar-refractivity contribution in [3.05, 3.63) is 41.7 Å². The van der Waals surface area contributed by atoms with Crippen LogP contribution in [0.3, 0.4) is 0 Å². The van der Waals surface area contributed by atoms with Gasteiger partial charge in [-0.05, 0) is 30.3 Å². The normalized spacial score (nSPS) is 9.78. The highest BCUT2D eigenvalue weighted by atomic mass is 19.1. The molecule has 90 valence electrons. The van der Waals surface area contributed by atoms with E-state index in [0.29, 0.717) is 17.2 Å². The smallest absolute Gasteiger partial charge is 0.149 e. The van der Waals surface area contributed by atoms with E-state index < -0.39 is 5.82 Å². The zero-order chi connectivity index (χ0) is 13.1. The van der Waals surface area contributed by atoms with E-state index in [1.54, 1.807) is 12.1 Å². The number of benzene rings is 1. The van der Waals surface area contributed by atoms with E-state index in [4.69, 9.17) is 16.7 Å². The molecular weight excluding hydrogens is 233 g/mol. The number of nitrogen functional groups attached to an aromatic ring is 2. The second-order valence-corrected chi connectivity index (χ2v) is 3.60. The second-order valence-electron chi connectivity index (χ2n) is 3.60. The maximum absolute atomic E-state index is 13.0. The molecule has 0 aliphatic heterocycles. The molecule has 0 bridgehead atoms. The summed E-state index contributed by atoms with van der Waals surface area (Å²) in [5.74, 6) is 0.160. The Morgan fingerprint density at radius 2 is 2.00 bits per heavy atom. The van der Waals surface area contributed by atoms with Crippen molar-refractivity contribution in [2.75, 3.05) is 16.8 Å². The standard InChI is InChI=1S/C12H10FN5/c13-8-1-3-10(7(5-8)6-14)17-11-4-2-9(15)12(16)18-11/h1-5H,15H2,(H3,16,17,18). The number of aromatic nitrogens is 1. The SMILES string of the molecule is N#Cc1cc(F)ccc1Nc1ccc(N)c(N)n1. The van der Waals surface area contributed by atoms with Crippen molar-refractivity contribution in [1.29, 1.82) is 5.26 Å². The summed E-state index contributed by atoms with van der Waals surface area (Å²) in [4.78, 5) is 4.00. The Bertz CT molecular complexity index is 633. The van der Waals surface area contributed by atoms with Crippen LogP contribution in [0, 0.1) is 17.1 Å².